The smallest absolute Gasteiger partial charge is 0.123 e. The monoisotopic (exact) mass is 209 g/mol. The molecule has 0 fully saturated rings. The van der Waals surface area contributed by atoms with Crippen LogP contribution in [0.25, 0.3) is 0 Å². The van der Waals surface area contributed by atoms with E-state index in [1.165, 1.54) is 18.6 Å². The van der Waals surface area contributed by atoms with E-state index in [0.29, 0.717) is 5.41 Å². The van der Waals surface area contributed by atoms with E-state index in [0.717, 1.165) is 18.7 Å². The van der Waals surface area contributed by atoms with E-state index in [9.17, 15) is 4.39 Å². The fourth-order valence-corrected chi connectivity index (χ4v) is 1.42. The summed E-state index contributed by atoms with van der Waals surface area (Å²) in [5.74, 6) is -0.185. The first-order valence-electron chi connectivity index (χ1n) is 5.47. The lowest BCUT2D eigenvalue weighted by Gasteiger charge is -2.17. The molecule has 0 aliphatic rings. The van der Waals surface area contributed by atoms with Crippen molar-refractivity contribution in [3.05, 3.63) is 30.1 Å². The minimum atomic E-state index is -0.185. The number of rotatable bonds is 4. The fraction of sp³-hybridized carbons (Fsp3) is 0.538. The molecule has 84 valence electrons. The molecule has 15 heavy (non-hydrogen) atoms. The molecule has 2 heteroatoms. The van der Waals surface area contributed by atoms with Crippen molar-refractivity contribution in [3.63, 3.8) is 0 Å². The van der Waals surface area contributed by atoms with Crippen molar-refractivity contribution in [2.75, 3.05) is 11.9 Å². The van der Waals surface area contributed by atoms with Crippen molar-refractivity contribution in [1.82, 2.24) is 0 Å². The Hall–Kier alpha value is -1.05. The highest BCUT2D eigenvalue weighted by molar-refractivity contribution is 5.42. The molecule has 0 saturated heterocycles. The maximum Gasteiger partial charge on any atom is 0.123 e. The minimum absolute atomic E-state index is 0.185. The number of halogens is 1. The third-order valence-corrected chi connectivity index (χ3v) is 2.28. The zero-order chi connectivity index (χ0) is 11.3. The molecular formula is C13H20FN. The van der Waals surface area contributed by atoms with E-state index in [1.807, 2.05) is 0 Å². The van der Waals surface area contributed by atoms with Gasteiger partial charge < -0.3 is 5.32 Å². The van der Waals surface area contributed by atoms with Gasteiger partial charge in [-0.05, 0) is 42.5 Å². The first kappa shape index (κ1) is 12.0. The Bertz CT molecular complexity index is 284. The molecule has 1 aromatic carbocycles. The average molecular weight is 209 g/mol. The second kappa shape index (κ2) is 5.15. The predicted molar refractivity (Wildman–Crippen MR) is 63.6 cm³/mol. The van der Waals surface area contributed by atoms with Gasteiger partial charge in [-0.2, -0.15) is 0 Å². The summed E-state index contributed by atoms with van der Waals surface area (Å²) in [4.78, 5) is 0. The molecule has 0 radical (unpaired) electrons. The second-order valence-corrected chi connectivity index (χ2v) is 5.10. The summed E-state index contributed by atoms with van der Waals surface area (Å²) < 4.78 is 12.6. The Labute approximate surface area is 91.7 Å². The Kier molecular flexibility index (Phi) is 4.13. The number of benzene rings is 1. The number of anilines is 1. The molecule has 1 aromatic rings. The van der Waals surface area contributed by atoms with E-state index >= 15 is 0 Å². The van der Waals surface area contributed by atoms with Crippen LogP contribution < -0.4 is 5.32 Å². The van der Waals surface area contributed by atoms with Crippen molar-refractivity contribution in [1.29, 1.82) is 0 Å². The van der Waals surface area contributed by atoms with Crippen LogP contribution in [0, 0.1) is 11.2 Å². The summed E-state index contributed by atoms with van der Waals surface area (Å²) in [6.45, 7) is 7.67. The zero-order valence-electron chi connectivity index (χ0n) is 9.81. The van der Waals surface area contributed by atoms with Crippen molar-refractivity contribution >= 4 is 5.69 Å². The Morgan fingerprint density at radius 1 is 1.13 bits per heavy atom. The van der Waals surface area contributed by atoms with E-state index in [2.05, 4.69) is 26.1 Å². The fourth-order valence-electron chi connectivity index (χ4n) is 1.42. The lowest BCUT2D eigenvalue weighted by atomic mass is 9.91. The van der Waals surface area contributed by atoms with Gasteiger partial charge >= 0.3 is 0 Å². The third kappa shape index (κ3) is 5.40. The van der Waals surface area contributed by atoms with Gasteiger partial charge in [-0.3, -0.25) is 0 Å². The van der Waals surface area contributed by atoms with Gasteiger partial charge in [-0.1, -0.05) is 20.8 Å². The Morgan fingerprint density at radius 3 is 2.27 bits per heavy atom. The Morgan fingerprint density at radius 2 is 1.73 bits per heavy atom. The largest absolute Gasteiger partial charge is 0.385 e. The first-order chi connectivity index (χ1) is 6.97. The van der Waals surface area contributed by atoms with Crippen LogP contribution in [0.1, 0.15) is 33.6 Å². The highest BCUT2D eigenvalue weighted by atomic mass is 19.1. The summed E-state index contributed by atoms with van der Waals surface area (Å²) in [6.07, 6.45) is 2.34. The first-order valence-corrected chi connectivity index (χ1v) is 5.47. The molecule has 1 N–H and O–H groups in total. The SMILES string of the molecule is CC(C)(C)CCCNc1ccc(F)cc1. The molecule has 0 amide bonds. The van der Waals surface area contributed by atoms with Crippen LogP contribution in [0.4, 0.5) is 10.1 Å². The molecule has 0 bridgehead atoms. The summed E-state index contributed by atoms with van der Waals surface area (Å²) in [5, 5.41) is 3.28. The van der Waals surface area contributed by atoms with Crippen molar-refractivity contribution < 1.29 is 4.39 Å². The highest BCUT2D eigenvalue weighted by Gasteiger charge is 2.08. The van der Waals surface area contributed by atoms with Crippen molar-refractivity contribution in [3.8, 4) is 0 Å². The topological polar surface area (TPSA) is 12.0 Å². The van der Waals surface area contributed by atoms with E-state index < -0.39 is 0 Å². The van der Waals surface area contributed by atoms with E-state index in [4.69, 9.17) is 0 Å². The predicted octanol–water partition coefficient (Wildman–Crippen LogP) is 4.06. The van der Waals surface area contributed by atoms with Gasteiger partial charge in [-0.15, -0.1) is 0 Å². The van der Waals surface area contributed by atoms with Crippen LogP contribution in [-0.2, 0) is 0 Å². The van der Waals surface area contributed by atoms with Gasteiger partial charge in [0.05, 0.1) is 0 Å². The van der Waals surface area contributed by atoms with Crippen LogP contribution in [0.2, 0.25) is 0 Å². The van der Waals surface area contributed by atoms with E-state index in [-0.39, 0.29) is 5.82 Å². The van der Waals surface area contributed by atoms with Gasteiger partial charge in [0.1, 0.15) is 5.82 Å². The molecule has 1 nitrogen and oxygen atoms in total. The highest BCUT2D eigenvalue weighted by Crippen LogP contribution is 2.20. The van der Waals surface area contributed by atoms with Crippen molar-refractivity contribution in [2.45, 2.75) is 33.6 Å². The molecule has 1 rings (SSSR count). The number of hydrogen-bond acceptors (Lipinski definition) is 1. The standard InChI is InChI=1S/C13H20FN/c1-13(2,3)9-4-10-15-12-7-5-11(14)6-8-12/h5-8,15H,4,9-10H2,1-3H3. The summed E-state index contributed by atoms with van der Waals surface area (Å²) >= 11 is 0. The lowest BCUT2D eigenvalue weighted by Crippen LogP contribution is -2.09. The molecule has 0 saturated carbocycles. The molecule has 0 heterocycles. The Balaban J connectivity index is 2.23. The normalized spacial score (nSPS) is 11.5. The zero-order valence-corrected chi connectivity index (χ0v) is 9.81. The molecule has 0 spiro atoms. The van der Waals surface area contributed by atoms with Gasteiger partial charge in [0.25, 0.3) is 0 Å². The third-order valence-electron chi connectivity index (χ3n) is 2.28. The molecule has 0 aliphatic heterocycles. The number of nitrogens with one attached hydrogen (secondary N) is 1. The average Bonchev–Trinajstić information content (AvgIpc) is 2.14. The maximum atomic E-state index is 12.6. The van der Waals surface area contributed by atoms with Crippen LogP contribution in [0.5, 0.6) is 0 Å². The summed E-state index contributed by atoms with van der Waals surface area (Å²) in [5.41, 5.74) is 1.38. The van der Waals surface area contributed by atoms with Crippen molar-refractivity contribution in [2.24, 2.45) is 5.41 Å². The second-order valence-electron chi connectivity index (χ2n) is 5.10. The van der Waals surface area contributed by atoms with Gasteiger partial charge in [0.15, 0.2) is 0 Å². The minimum Gasteiger partial charge on any atom is -0.385 e. The van der Waals surface area contributed by atoms with Crippen LogP contribution in [-0.4, -0.2) is 6.54 Å². The molecular weight excluding hydrogens is 189 g/mol. The van der Waals surface area contributed by atoms with Gasteiger partial charge in [0, 0.05) is 12.2 Å². The quantitative estimate of drug-likeness (QED) is 0.737. The van der Waals surface area contributed by atoms with E-state index in [1.54, 1.807) is 12.1 Å². The summed E-state index contributed by atoms with van der Waals surface area (Å²) in [7, 11) is 0. The van der Waals surface area contributed by atoms with Gasteiger partial charge in [0.2, 0.25) is 0 Å². The van der Waals surface area contributed by atoms with Crippen LogP contribution in [0.15, 0.2) is 24.3 Å². The maximum absolute atomic E-state index is 12.6. The molecule has 0 atom stereocenters. The summed E-state index contributed by atoms with van der Waals surface area (Å²) in [6, 6.07) is 6.50. The molecule has 0 aliphatic carbocycles. The van der Waals surface area contributed by atoms with Crippen LogP contribution >= 0.6 is 0 Å². The van der Waals surface area contributed by atoms with Crippen LogP contribution in [0.3, 0.4) is 0 Å². The molecule has 0 unspecified atom stereocenters. The number of hydrogen-bond donors (Lipinski definition) is 1. The lowest BCUT2D eigenvalue weighted by molar-refractivity contribution is 0.370. The molecule has 0 aromatic heterocycles. The van der Waals surface area contributed by atoms with Gasteiger partial charge in [-0.25, -0.2) is 4.39 Å².